The SMILES string of the molecule is CN(C)C(=NCCCOC1=CCC=C(CCN)C=C1)NCCCCOc1ccc(C(=N)N)cc1. The van der Waals surface area contributed by atoms with Crippen molar-refractivity contribution in [2.45, 2.75) is 32.1 Å². The van der Waals surface area contributed by atoms with Gasteiger partial charge < -0.3 is 31.2 Å². The zero-order chi connectivity index (χ0) is 24.6. The van der Waals surface area contributed by atoms with Gasteiger partial charge in [-0.05, 0) is 68.6 Å². The molecule has 6 N–H and O–H groups in total. The van der Waals surface area contributed by atoms with E-state index in [9.17, 15) is 0 Å². The summed E-state index contributed by atoms with van der Waals surface area (Å²) in [7, 11) is 3.98. The third-order valence-corrected chi connectivity index (χ3v) is 5.14. The average molecular weight is 469 g/mol. The lowest BCUT2D eigenvalue weighted by molar-refractivity contribution is 0.221. The summed E-state index contributed by atoms with van der Waals surface area (Å²) in [6.45, 7) is 3.47. The smallest absolute Gasteiger partial charge is 0.193 e. The molecule has 0 unspecified atom stereocenters. The van der Waals surface area contributed by atoms with E-state index < -0.39 is 0 Å². The molecular weight excluding hydrogens is 428 g/mol. The van der Waals surface area contributed by atoms with Crippen molar-refractivity contribution in [2.24, 2.45) is 16.5 Å². The molecule has 0 aliphatic heterocycles. The van der Waals surface area contributed by atoms with Gasteiger partial charge in [-0.1, -0.05) is 17.7 Å². The number of ether oxygens (including phenoxy) is 2. The first-order valence-electron chi connectivity index (χ1n) is 11.9. The normalized spacial score (nSPS) is 13.6. The summed E-state index contributed by atoms with van der Waals surface area (Å²) in [5.41, 5.74) is 13.1. The minimum Gasteiger partial charge on any atom is -0.494 e. The van der Waals surface area contributed by atoms with Gasteiger partial charge in [-0.3, -0.25) is 10.4 Å². The van der Waals surface area contributed by atoms with Crippen molar-refractivity contribution in [2.75, 3.05) is 46.9 Å². The molecule has 0 aromatic heterocycles. The molecular formula is C26H40N6O2. The van der Waals surface area contributed by atoms with E-state index in [4.69, 9.17) is 26.4 Å². The summed E-state index contributed by atoms with van der Waals surface area (Å²) in [6.07, 6.45) is 12.9. The lowest BCUT2D eigenvalue weighted by atomic mass is 10.1. The van der Waals surface area contributed by atoms with Gasteiger partial charge >= 0.3 is 0 Å². The highest BCUT2D eigenvalue weighted by molar-refractivity contribution is 5.94. The third-order valence-electron chi connectivity index (χ3n) is 5.14. The minimum atomic E-state index is 0.0624. The van der Waals surface area contributed by atoms with E-state index in [2.05, 4.69) is 28.5 Å². The number of nitrogens with zero attached hydrogens (tertiary/aromatic N) is 2. The Morgan fingerprint density at radius 3 is 2.53 bits per heavy atom. The molecule has 2 rings (SSSR count). The number of nitrogens with two attached hydrogens (primary N) is 2. The van der Waals surface area contributed by atoms with Crippen LogP contribution in [0.2, 0.25) is 0 Å². The molecule has 0 heterocycles. The van der Waals surface area contributed by atoms with Crippen LogP contribution in [-0.4, -0.2) is 63.6 Å². The molecule has 0 saturated heterocycles. The second kappa shape index (κ2) is 15.6. The highest BCUT2D eigenvalue weighted by Crippen LogP contribution is 2.14. The van der Waals surface area contributed by atoms with E-state index in [0.717, 1.165) is 56.1 Å². The molecule has 0 saturated carbocycles. The summed E-state index contributed by atoms with van der Waals surface area (Å²) in [5.74, 6) is 2.64. The Balaban J connectivity index is 1.59. The molecule has 1 aromatic carbocycles. The van der Waals surface area contributed by atoms with Gasteiger partial charge in [0.2, 0.25) is 0 Å². The molecule has 186 valence electrons. The monoisotopic (exact) mass is 468 g/mol. The van der Waals surface area contributed by atoms with Gasteiger partial charge in [0.15, 0.2) is 5.96 Å². The van der Waals surface area contributed by atoms with Crippen molar-refractivity contribution >= 4 is 11.8 Å². The maximum Gasteiger partial charge on any atom is 0.193 e. The van der Waals surface area contributed by atoms with Gasteiger partial charge in [0.05, 0.1) is 13.2 Å². The molecule has 0 amide bonds. The number of nitrogens with one attached hydrogen (secondary N) is 2. The van der Waals surface area contributed by atoms with E-state index in [1.807, 2.05) is 37.2 Å². The minimum absolute atomic E-state index is 0.0624. The molecule has 8 nitrogen and oxygen atoms in total. The van der Waals surface area contributed by atoms with Crippen molar-refractivity contribution in [3.8, 4) is 5.75 Å². The number of benzene rings is 1. The van der Waals surface area contributed by atoms with Gasteiger partial charge in [0, 0.05) is 39.2 Å². The standard InChI is InChI=1S/C26H40N6O2/c1-32(2)26(30-17-3-4-19-33-24-13-10-22(11-14-24)25(28)29)31-18-6-20-34-23-8-5-7-21(9-12-23)15-16-27/h7-14H,3-6,15-20,27H2,1-2H3,(H3,28,29)(H,30,31). The van der Waals surface area contributed by atoms with Crippen molar-refractivity contribution in [1.82, 2.24) is 10.2 Å². The van der Waals surface area contributed by atoms with Crippen LogP contribution in [-0.2, 0) is 4.74 Å². The topological polar surface area (TPSA) is 122 Å². The van der Waals surface area contributed by atoms with Gasteiger partial charge in [-0.25, -0.2) is 0 Å². The van der Waals surface area contributed by atoms with Crippen molar-refractivity contribution in [3.05, 3.63) is 65.5 Å². The number of unbranched alkanes of at least 4 members (excludes halogenated alkanes) is 1. The van der Waals surface area contributed by atoms with Crippen LogP contribution in [0, 0.1) is 5.41 Å². The fourth-order valence-electron chi connectivity index (χ4n) is 3.25. The summed E-state index contributed by atoms with van der Waals surface area (Å²) in [5, 5.41) is 10.8. The number of amidine groups is 1. The first-order valence-corrected chi connectivity index (χ1v) is 11.9. The Bertz CT molecular complexity index is 872. The van der Waals surface area contributed by atoms with E-state index >= 15 is 0 Å². The molecule has 0 fully saturated rings. The molecule has 0 spiro atoms. The molecule has 34 heavy (non-hydrogen) atoms. The zero-order valence-corrected chi connectivity index (χ0v) is 20.6. The number of nitrogen functional groups attached to an aromatic ring is 1. The van der Waals surface area contributed by atoms with Crippen LogP contribution in [0.4, 0.5) is 0 Å². The van der Waals surface area contributed by atoms with E-state index in [1.165, 1.54) is 5.57 Å². The number of guanidine groups is 1. The zero-order valence-electron chi connectivity index (χ0n) is 20.6. The van der Waals surface area contributed by atoms with Gasteiger partial charge in [-0.15, -0.1) is 0 Å². The van der Waals surface area contributed by atoms with Gasteiger partial charge in [-0.2, -0.15) is 0 Å². The average Bonchev–Trinajstić information content (AvgIpc) is 3.05. The Morgan fingerprint density at radius 1 is 1.06 bits per heavy atom. The predicted molar refractivity (Wildman–Crippen MR) is 140 cm³/mol. The summed E-state index contributed by atoms with van der Waals surface area (Å²) in [6, 6.07) is 7.28. The third kappa shape index (κ3) is 10.6. The Labute approximate surface area is 203 Å². The number of aliphatic imine (C=N–C) groups is 1. The van der Waals surface area contributed by atoms with Crippen molar-refractivity contribution in [1.29, 1.82) is 5.41 Å². The highest BCUT2D eigenvalue weighted by Gasteiger charge is 2.03. The first-order chi connectivity index (χ1) is 16.5. The molecule has 0 bridgehead atoms. The maximum absolute atomic E-state index is 7.42. The quantitative estimate of drug-likeness (QED) is 0.189. The summed E-state index contributed by atoms with van der Waals surface area (Å²) >= 11 is 0. The number of hydrogen-bond donors (Lipinski definition) is 4. The molecule has 1 aromatic rings. The largest absolute Gasteiger partial charge is 0.494 e. The van der Waals surface area contributed by atoms with Crippen molar-refractivity contribution in [3.63, 3.8) is 0 Å². The second-order valence-electron chi connectivity index (χ2n) is 8.22. The van der Waals surface area contributed by atoms with E-state index in [-0.39, 0.29) is 5.84 Å². The maximum atomic E-state index is 7.42. The number of hydrogen-bond acceptors (Lipinski definition) is 5. The number of rotatable bonds is 14. The van der Waals surface area contributed by atoms with Gasteiger partial charge in [0.25, 0.3) is 0 Å². The Morgan fingerprint density at radius 2 is 1.82 bits per heavy atom. The second-order valence-corrected chi connectivity index (χ2v) is 8.22. The first kappa shape index (κ1) is 27.0. The Hall–Kier alpha value is -3.26. The van der Waals surface area contributed by atoms with E-state index in [0.29, 0.717) is 31.9 Å². The van der Waals surface area contributed by atoms with Gasteiger partial charge in [0.1, 0.15) is 17.3 Å². The molecule has 8 heteroatoms. The van der Waals surface area contributed by atoms with Crippen LogP contribution in [0.15, 0.2) is 64.9 Å². The van der Waals surface area contributed by atoms with Crippen LogP contribution in [0.1, 0.15) is 37.7 Å². The molecule has 1 aliphatic rings. The molecule has 0 radical (unpaired) electrons. The number of allylic oxidation sites excluding steroid dienone is 4. The molecule has 0 atom stereocenters. The fourth-order valence-corrected chi connectivity index (χ4v) is 3.25. The van der Waals surface area contributed by atoms with Crippen LogP contribution in [0.5, 0.6) is 5.75 Å². The fraction of sp³-hybridized carbons (Fsp3) is 0.462. The summed E-state index contributed by atoms with van der Waals surface area (Å²) < 4.78 is 11.6. The van der Waals surface area contributed by atoms with Crippen LogP contribution in [0.25, 0.3) is 0 Å². The summed E-state index contributed by atoms with van der Waals surface area (Å²) in [4.78, 5) is 6.67. The highest BCUT2D eigenvalue weighted by atomic mass is 16.5. The molecule has 1 aliphatic carbocycles. The predicted octanol–water partition coefficient (Wildman–Crippen LogP) is 3.16. The van der Waals surface area contributed by atoms with Crippen LogP contribution in [0.3, 0.4) is 0 Å². The lowest BCUT2D eigenvalue weighted by Crippen LogP contribution is -2.37. The Kier molecular flexibility index (Phi) is 12.3. The lowest BCUT2D eigenvalue weighted by Gasteiger charge is -2.17. The van der Waals surface area contributed by atoms with Crippen LogP contribution >= 0.6 is 0 Å². The van der Waals surface area contributed by atoms with E-state index in [1.54, 1.807) is 12.1 Å². The van der Waals surface area contributed by atoms with Crippen LogP contribution < -0.4 is 21.5 Å². The van der Waals surface area contributed by atoms with Crippen molar-refractivity contribution < 1.29 is 9.47 Å².